The molecule has 0 aliphatic heterocycles. The van der Waals surface area contributed by atoms with E-state index in [-0.39, 0.29) is 0 Å². The van der Waals surface area contributed by atoms with Crippen molar-refractivity contribution in [3.63, 3.8) is 0 Å². The van der Waals surface area contributed by atoms with Gasteiger partial charge in [-0.15, -0.1) is 10.2 Å². The number of aromatic nitrogens is 5. The maximum absolute atomic E-state index is 5.90. The molecule has 0 saturated carbocycles. The van der Waals surface area contributed by atoms with E-state index in [1.807, 2.05) is 72.2 Å². The average molecular weight is 389 g/mol. The van der Waals surface area contributed by atoms with Gasteiger partial charge in [-0.05, 0) is 19.1 Å². The molecule has 0 saturated heterocycles. The van der Waals surface area contributed by atoms with Gasteiger partial charge in [-0.1, -0.05) is 53.3 Å². The van der Waals surface area contributed by atoms with E-state index in [9.17, 15) is 0 Å². The normalized spacial score (nSPS) is 11.3. The van der Waals surface area contributed by atoms with Crippen LogP contribution in [0.4, 0.5) is 0 Å². The van der Waals surface area contributed by atoms with Crippen molar-refractivity contribution in [1.29, 1.82) is 0 Å². The van der Waals surface area contributed by atoms with Crippen molar-refractivity contribution in [2.75, 3.05) is 0 Å². The molecule has 5 rings (SSSR count). The second-order valence-electron chi connectivity index (χ2n) is 6.15. The Hall–Kier alpha value is -3.39. The predicted molar refractivity (Wildman–Crippen MR) is 105 cm³/mol. The molecule has 4 heterocycles. The Balaban J connectivity index is 1.41. The topological polar surface area (TPSA) is 82.2 Å². The van der Waals surface area contributed by atoms with Gasteiger partial charge in [0.2, 0.25) is 5.89 Å². The van der Waals surface area contributed by atoms with Crippen molar-refractivity contribution in [3.8, 4) is 22.7 Å². The first kappa shape index (κ1) is 16.8. The predicted octanol–water partition coefficient (Wildman–Crippen LogP) is 4.64. The molecule has 1 aromatic carbocycles. The molecule has 28 heavy (non-hydrogen) atoms. The van der Waals surface area contributed by atoms with Crippen LogP contribution in [-0.2, 0) is 5.75 Å². The number of hydrogen-bond acceptors (Lipinski definition) is 7. The minimum atomic E-state index is 0.404. The SMILES string of the molecule is Cc1onc(-c2ccccc2)c1-c1nnc(CSc2ncc3ccccn23)o1. The van der Waals surface area contributed by atoms with Gasteiger partial charge in [0.25, 0.3) is 5.89 Å². The highest BCUT2D eigenvalue weighted by atomic mass is 32.2. The largest absolute Gasteiger partial charge is 0.420 e. The Labute approximate surface area is 164 Å². The summed E-state index contributed by atoms with van der Waals surface area (Å²) in [4.78, 5) is 4.45. The van der Waals surface area contributed by atoms with Gasteiger partial charge in [0.05, 0.1) is 17.5 Å². The lowest BCUT2D eigenvalue weighted by molar-refractivity contribution is 0.399. The third-order valence-electron chi connectivity index (χ3n) is 4.32. The Kier molecular flexibility index (Phi) is 4.17. The molecule has 8 heteroatoms. The van der Waals surface area contributed by atoms with Crippen LogP contribution in [-0.4, -0.2) is 24.7 Å². The van der Waals surface area contributed by atoms with Crippen LogP contribution in [0.25, 0.3) is 28.2 Å². The van der Waals surface area contributed by atoms with Crippen LogP contribution in [0.15, 0.2) is 75.0 Å². The van der Waals surface area contributed by atoms with E-state index in [2.05, 4.69) is 20.3 Å². The lowest BCUT2D eigenvalue weighted by Crippen LogP contribution is -1.87. The van der Waals surface area contributed by atoms with Gasteiger partial charge in [-0.25, -0.2) is 4.98 Å². The fraction of sp³-hybridized carbons (Fsp3) is 0.100. The van der Waals surface area contributed by atoms with Crippen molar-refractivity contribution in [2.45, 2.75) is 17.8 Å². The summed E-state index contributed by atoms with van der Waals surface area (Å²) < 4.78 is 13.3. The summed E-state index contributed by atoms with van der Waals surface area (Å²) in [6.07, 6.45) is 3.82. The average Bonchev–Trinajstić information content (AvgIpc) is 3.45. The first-order chi connectivity index (χ1) is 13.8. The Morgan fingerprint density at radius 3 is 2.79 bits per heavy atom. The van der Waals surface area contributed by atoms with Gasteiger partial charge in [0.1, 0.15) is 17.0 Å². The standard InChI is InChI=1S/C20H15N5O2S/c1-13-17(18(24-27-13)14-7-3-2-4-8-14)19-23-22-16(26-19)12-28-20-21-11-15-9-5-6-10-25(15)20/h2-11H,12H2,1H3. The van der Waals surface area contributed by atoms with Crippen LogP contribution >= 0.6 is 11.8 Å². The number of benzene rings is 1. The second-order valence-corrected chi connectivity index (χ2v) is 7.10. The number of rotatable bonds is 5. The zero-order valence-electron chi connectivity index (χ0n) is 14.9. The quantitative estimate of drug-likeness (QED) is 0.405. The molecule has 0 aliphatic rings. The third-order valence-corrected chi connectivity index (χ3v) is 5.27. The summed E-state index contributed by atoms with van der Waals surface area (Å²) in [5.74, 6) is 2.08. The molecular formula is C20H15N5O2S. The van der Waals surface area contributed by atoms with E-state index in [0.29, 0.717) is 29.0 Å². The fourth-order valence-corrected chi connectivity index (χ4v) is 3.78. The highest BCUT2D eigenvalue weighted by Gasteiger charge is 2.22. The molecule has 5 aromatic rings. The molecule has 0 amide bonds. The van der Waals surface area contributed by atoms with Crippen LogP contribution in [0, 0.1) is 6.92 Å². The van der Waals surface area contributed by atoms with E-state index >= 15 is 0 Å². The summed E-state index contributed by atoms with van der Waals surface area (Å²) in [6.45, 7) is 1.84. The molecule has 0 unspecified atom stereocenters. The summed E-state index contributed by atoms with van der Waals surface area (Å²) in [6, 6.07) is 15.8. The molecule has 138 valence electrons. The van der Waals surface area contributed by atoms with Gasteiger partial charge >= 0.3 is 0 Å². The van der Waals surface area contributed by atoms with Gasteiger partial charge in [0, 0.05) is 11.8 Å². The van der Waals surface area contributed by atoms with E-state index in [0.717, 1.165) is 21.8 Å². The highest BCUT2D eigenvalue weighted by Crippen LogP contribution is 2.34. The number of thioether (sulfide) groups is 1. The number of imidazole rings is 1. The maximum Gasteiger partial charge on any atom is 0.253 e. The first-order valence-corrected chi connectivity index (χ1v) is 9.67. The van der Waals surface area contributed by atoms with Crippen molar-refractivity contribution >= 4 is 17.3 Å². The summed E-state index contributed by atoms with van der Waals surface area (Å²) >= 11 is 1.54. The van der Waals surface area contributed by atoms with Gasteiger partial charge in [-0.3, -0.25) is 4.40 Å². The number of aryl methyl sites for hydroxylation is 1. The Morgan fingerprint density at radius 2 is 1.89 bits per heavy atom. The number of pyridine rings is 1. The monoisotopic (exact) mass is 389 g/mol. The highest BCUT2D eigenvalue weighted by molar-refractivity contribution is 7.98. The second kappa shape index (κ2) is 6.97. The van der Waals surface area contributed by atoms with Gasteiger partial charge < -0.3 is 8.94 Å². The molecule has 0 radical (unpaired) electrons. The molecule has 7 nitrogen and oxygen atoms in total. The van der Waals surface area contributed by atoms with Crippen LogP contribution < -0.4 is 0 Å². The zero-order chi connectivity index (χ0) is 18.9. The minimum Gasteiger partial charge on any atom is -0.420 e. The minimum absolute atomic E-state index is 0.404. The fourth-order valence-electron chi connectivity index (χ4n) is 2.98. The number of nitrogens with zero attached hydrogens (tertiary/aromatic N) is 5. The molecule has 0 aliphatic carbocycles. The van der Waals surface area contributed by atoms with Crippen LogP contribution in [0.5, 0.6) is 0 Å². The van der Waals surface area contributed by atoms with E-state index in [4.69, 9.17) is 8.94 Å². The van der Waals surface area contributed by atoms with Crippen molar-refractivity contribution < 1.29 is 8.94 Å². The van der Waals surface area contributed by atoms with E-state index in [1.54, 1.807) is 11.8 Å². The molecular weight excluding hydrogens is 374 g/mol. The zero-order valence-corrected chi connectivity index (χ0v) is 15.8. The third kappa shape index (κ3) is 2.97. The smallest absolute Gasteiger partial charge is 0.253 e. The maximum atomic E-state index is 5.90. The summed E-state index contributed by atoms with van der Waals surface area (Å²) in [5, 5.41) is 13.4. The Bertz CT molecular complexity index is 1240. The molecule has 0 N–H and O–H groups in total. The number of hydrogen-bond donors (Lipinski definition) is 0. The van der Waals surface area contributed by atoms with E-state index < -0.39 is 0 Å². The van der Waals surface area contributed by atoms with Crippen LogP contribution in [0.2, 0.25) is 0 Å². The summed E-state index contributed by atoms with van der Waals surface area (Å²) in [7, 11) is 0. The van der Waals surface area contributed by atoms with Gasteiger partial charge in [0.15, 0.2) is 5.16 Å². The first-order valence-electron chi connectivity index (χ1n) is 8.69. The number of fused-ring (bicyclic) bond motifs is 1. The van der Waals surface area contributed by atoms with Crippen molar-refractivity contribution in [3.05, 3.63) is 72.6 Å². The molecule has 0 spiro atoms. The van der Waals surface area contributed by atoms with Gasteiger partial charge in [-0.2, -0.15) is 0 Å². The molecule has 0 fully saturated rings. The van der Waals surface area contributed by atoms with E-state index in [1.165, 1.54) is 0 Å². The van der Waals surface area contributed by atoms with Crippen LogP contribution in [0.1, 0.15) is 11.7 Å². The van der Waals surface area contributed by atoms with Crippen molar-refractivity contribution in [1.82, 2.24) is 24.7 Å². The summed E-state index contributed by atoms with van der Waals surface area (Å²) in [5.41, 5.74) is 3.40. The molecule has 0 atom stereocenters. The molecule has 0 bridgehead atoms. The van der Waals surface area contributed by atoms with Crippen molar-refractivity contribution in [2.24, 2.45) is 0 Å². The molecule has 4 aromatic heterocycles. The lowest BCUT2D eigenvalue weighted by Gasteiger charge is -1.99. The van der Waals surface area contributed by atoms with Crippen LogP contribution in [0.3, 0.4) is 0 Å². The lowest BCUT2D eigenvalue weighted by atomic mass is 10.1. The Morgan fingerprint density at radius 1 is 1.04 bits per heavy atom.